The van der Waals surface area contributed by atoms with Crippen molar-refractivity contribution in [1.29, 1.82) is 0 Å². The lowest BCUT2D eigenvalue weighted by Gasteiger charge is -2.34. The second-order valence-electron chi connectivity index (χ2n) is 2.71. The first-order valence-corrected chi connectivity index (χ1v) is 5.16. The van der Waals surface area contributed by atoms with E-state index in [2.05, 4.69) is 23.1 Å². The summed E-state index contributed by atoms with van der Waals surface area (Å²) < 4.78 is 0. The van der Waals surface area contributed by atoms with E-state index < -0.39 is 0 Å². The molecule has 1 fully saturated rings. The van der Waals surface area contributed by atoms with Crippen LogP contribution < -0.4 is 5.73 Å². The normalized spacial score (nSPS) is 16.6. The summed E-state index contributed by atoms with van der Waals surface area (Å²) in [6.45, 7) is 9.05. The molecule has 1 saturated heterocycles. The molecule has 0 atom stereocenters. The molecular formula is C11H22N2. The molecule has 0 aromatic heterocycles. The molecule has 0 unspecified atom stereocenters. The summed E-state index contributed by atoms with van der Waals surface area (Å²) in [4.78, 5) is 2.34. The topological polar surface area (TPSA) is 29.3 Å². The summed E-state index contributed by atoms with van der Waals surface area (Å²) in [5, 5.41) is 0. The number of rotatable bonds is 3. The van der Waals surface area contributed by atoms with Crippen molar-refractivity contribution in [3.05, 3.63) is 23.9 Å². The van der Waals surface area contributed by atoms with Gasteiger partial charge in [-0.15, -0.1) is 0 Å². The van der Waals surface area contributed by atoms with Crippen LogP contribution in [-0.4, -0.2) is 24.5 Å². The molecule has 2 N–H and O–H groups in total. The van der Waals surface area contributed by atoms with E-state index in [1.807, 2.05) is 20.8 Å². The summed E-state index contributed by atoms with van der Waals surface area (Å²) in [6, 6.07) is 0. The predicted molar refractivity (Wildman–Crippen MR) is 59.5 cm³/mol. The first-order valence-electron chi connectivity index (χ1n) is 5.16. The molecule has 1 rings (SSSR count). The van der Waals surface area contributed by atoms with Gasteiger partial charge < -0.3 is 10.6 Å². The molecule has 0 spiro atoms. The maximum Gasteiger partial charge on any atom is 0.0335 e. The van der Waals surface area contributed by atoms with E-state index in [-0.39, 0.29) is 0 Å². The zero-order valence-corrected chi connectivity index (χ0v) is 9.09. The first-order chi connectivity index (χ1) is 6.38. The third-order valence-corrected chi connectivity index (χ3v) is 1.89. The van der Waals surface area contributed by atoms with Crippen molar-refractivity contribution in [3.63, 3.8) is 0 Å². The van der Waals surface area contributed by atoms with Gasteiger partial charge in [-0.05, 0) is 25.5 Å². The molecule has 76 valence electrons. The van der Waals surface area contributed by atoms with Crippen molar-refractivity contribution >= 4 is 0 Å². The monoisotopic (exact) mass is 182 g/mol. The molecule has 2 nitrogen and oxygen atoms in total. The molecule has 0 bridgehead atoms. The van der Waals surface area contributed by atoms with Gasteiger partial charge in [-0.2, -0.15) is 0 Å². The zero-order chi connectivity index (χ0) is 10.1. The smallest absolute Gasteiger partial charge is 0.0335 e. The van der Waals surface area contributed by atoms with Crippen LogP contribution in [0.1, 0.15) is 27.2 Å². The van der Waals surface area contributed by atoms with Crippen LogP contribution in [0.15, 0.2) is 23.9 Å². The van der Waals surface area contributed by atoms with Gasteiger partial charge in [0.25, 0.3) is 0 Å². The van der Waals surface area contributed by atoms with Crippen molar-refractivity contribution in [3.8, 4) is 0 Å². The lowest BCUT2D eigenvalue weighted by Crippen LogP contribution is -2.35. The second-order valence-corrected chi connectivity index (χ2v) is 2.71. The highest BCUT2D eigenvalue weighted by atomic mass is 15.2. The minimum absolute atomic E-state index is 0.635. The molecule has 0 aliphatic carbocycles. The number of allylic oxidation sites excluding steroid dienone is 2. The zero-order valence-electron chi connectivity index (χ0n) is 9.09. The van der Waals surface area contributed by atoms with Gasteiger partial charge in [0.1, 0.15) is 0 Å². The number of hydrogen-bond acceptors (Lipinski definition) is 2. The molecule has 1 heterocycles. The van der Waals surface area contributed by atoms with Crippen LogP contribution in [0.2, 0.25) is 0 Å². The largest absolute Gasteiger partial charge is 0.372 e. The van der Waals surface area contributed by atoms with E-state index in [0.29, 0.717) is 6.54 Å². The molecule has 0 saturated carbocycles. The summed E-state index contributed by atoms with van der Waals surface area (Å²) in [6.07, 6.45) is 7.56. The molecule has 0 amide bonds. The first kappa shape index (κ1) is 12.2. The minimum atomic E-state index is 0.635. The molecule has 0 radical (unpaired) electrons. The SMILES string of the molecule is C/C=C\C(=C/CN)N1CCC1.CC. The van der Waals surface area contributed by atoms with Crippen LogP contribution in [0.3, 0.4) is 0 Å². The molecular weight excluding hydrogens is 160 g/mol. The van der Waals surface area contributed by atoms with Gasteiger partial charge in [-0.3, -0.25) is 0 Å². The number of likely N-dealkylation sites (tertiary alicyclic amines) is 1. The second kappa shape index (κ2) is 7.87. The Labute approximate surface area is 82.1 Å². The average Bonchev–Trinajstić information content (AvgIpc) is 2.06. The van der Waals surface area contributed by atoms with Crippen molar-refractivity contribution in [2.75, 3.05) is 19.6 Å². The fourth-order valence-corrected chi connectivity index (χ4v) is 1.17. The highest BCUT2D eigenvalue weighted by molar-refractivity contribution is 5.18. The highest BCUT2D eigenvalue weighted by Crippen LogP contribution is 2.14. The van der Waals surface area contributed by atoms with Gasteiger partial charge in [-0.25, -0.2) is 0 Å². The Hall–Kier alpha value is -0.760. The molecule has 1 aliphatic heterocycles. The summed E-state index contributed by atoms with van der Waals surface area (Å²) >= 11 is 0. The molecule has 0 aromatic rings. The Bertz CT molecular complexity index is 167. The van der Waals surface area contributed by atoms with Crippen LogP contribution in [0.5, 0.6) is 0 Å². The average molecular weight is 182 g/mol. The van der Waals surface area contributed by atoms with E-state index in [1.54, 1.807) is 0 Å². The summed E-state index contributed by atoms with van der Waals surface area (Å²) in [5.74, 6) is 0. The maximum atomic E-state index is 5.44. The third kappa shape index (κ3) is 4.13. The minimum Gasteiger partial charge on any atom is -0.372 e. The number of hydrogen-bond donors (Lipinski definition) is 1. The van der Waals surface area contributed by atoms with Crippen molar-refractivity contribution in [1.82, 2.24) is 4.90 Å². The van der Waals surface area contributed by atoms with Gasteiger partial charge in [0.2, 0.25) is 0 Å². The fraction of sp³-hybridized carbons (Fsp3) is 0.636. The lowest BCUT2D eigenvalue weighted by molar-refractivity contribution is 0.246. The predicted octanol–water partition coefficient (Wildman–Crippen LogP) is 2.14. The number of nitrogens with zero attached hydrogens (tertiary/aromatic N) is 1. The van der Waals surface area contributed by atoms with Gasteiger partial charge in [0.15, 0.2) is 0 Å². The number of nitrogens with two attached hydrogens (primary N) is 1. The van der Waals surface area contributed by atoms with Crippen LogP contribution in [0, 0.1) is 0 Å². The quantitative estimate of drug-likeness (QED) is 0.678. The van der Waals surface area contributed by atoms with E-state index >= 15 is 0 Å². The van der Waals surface area contributed by atoms with Gasteiger partial charge in [0.05, 0.1) is 0 Å². The Morgan fingerprint density at radius 2 is 2.00 bits per heavy atom. The standard InChI is InChI=1S/C9H16N2.C2H6/c1-2-4-9(5-6-10)11-7-3-8-11;1-2/h2,4-5H,3,6-8,10H2,1H3;1-2H3/b4-2-,9-5+;. The lowest BCUT2D eigenvalue weighted by atomic mass is 10.2. The van der Waals surface area contributed by atoms with E-state index in [1.165, 1.54) is 25.2 Å². The van der Waals surface area contributed by atoms with Crippen LogP contribution in [0.4, 0.5) is 0 Å². The van der Waals surface area contributed by atoms with Crippen LogP contribution in [-0.2, 0) is 0 Å². The third-order valence-electron chi connectivity index (χ3n) is 1.89. The molecule has 1 aliphatic rings. The molecule has 13 heavy (non-hydrogen) atoms. The van der Waals surface area contributed by atoms with Gasteiger partial charge in [0, 0.05) is 25.3 Å². The highest BCUT2D eigenvalue weighted by Gasteiger charge is 2.13. The Morgan fingerprint density at radius 3 is 2.31 bits per heavy atom. The molecule has 2 heteroatoms. The van der Waals surface area contributed by atoms with Crippen molar-refractivity contribution in [2.45, 2.75) is 27.2 Å². The maximum absolute atomic E-state index is 5.44. The Morgan fingerprint density at radius 1 is 1.38 bits per heavy atom. The molecule has 0 aromatic carbocycles. The Balaban J connectivity index is 0.000000671. The summed E-state index contributed by atoms with van der Waals surface area (Å²) in [5.41, 5.74) is 6.72. The fourth-order valence-electron chi connectivity index (χ4n) is 1.17. The van der Waals surface area contributed by atoms with E-state index in [9.17, 15) is 0 Å². The van der Waals surface area contributed by atoms with Gasteiger partial charge in [-0.1, -0.05) is 19.9 Å². The van der Waals surface area contributed by atoms with E-state index in [4.69, 9.17) is 5.73 Å². The van der Waals surface area contributed by atoms with Crippen LogP contribution in [0.25, 0.3) is 0 Å². The van der Waals surface area contributed by atoms with Crippen molar-refractivity contribution < 1.29 is 0 Å². The Kier molecular flexibility index (Phi) is 7.41. The van der Waals surface area contributed by atoms with E-state index in [0.717, 1.165) is 0 Å². The van der Waals surface area contributed by atoms with Crippen molar-refractivity contribution in [2.24, 2.45) is 5.73 Å². The summed E-state index contributed by atoms with van der Waals surface area (Å²) in [7, 11) is 0. The van der Waals surface area contributed by atoms with Gasteiger partial charge >= 0.3 is 0 Å². The van der Waals surface area contributed by atoms with Crippen LogP contribution >= 0.6 is 0 Å².